The highest BCUT2D eigenvalue weighted by atomic mass is 127. The summed E-state index contributed by atoms with van der Waals surface area (Å²) in [5, 5.41) is 8.97. The van der Waals surface area contributed by atoms with E-state index in [0.717, 1.165) is 23.3 Å². The van der Waals surface area contributed by atoms with Gasteiger partial charge in [0.2, 0.25) is 5.91 Å². The Morgan fingerprint density at radius 1 is 1.25 bits per heavy atom. The predicted octanol–water partition coefficient (Wildman–Crippen LogP) is 3.10. The molecule has 8 heteroatoms. The van der Waals surface area contributed by atoms with E-state index in [-0.39, 0.29) is 36.4 Å². The molecule has 2 rings (SSSR count). The summed E-state index contributed by atoms with van der Waals surface area (Å²) < 4.78 is 5.83. The number of ether oxygens (including phenoxy) is 1. The Balaban J connectivity index is 0.00000392. The lowest BCUT2D eigenvalue weighted by Crippen LogP contribution is -2.41. The number of rotatable bonds is 8. The van der Waals surface area contributed by atoms with E-state index in [4.69, 9.17) is 4.74 Å². The lowest BCUT2D eigenvalue weighted by atomic mass is 10.1. The molecule has 0 saturated heterocycles. The fraction of sp³-hybridized carbons (Fsp3) is 0.350. The first-order valence-electron chi connectivity index (χ1n) is 8.99. The first-order valence-corrected chi connectivity index (χ1v) is 8.99. The van der Waals surface area contributed by atoms with Crippen LogP contribution in [0.15, 0.2) is 47.7 Å². The fourth-order valence-electron chi connectivity index (χ4n) is 2.36. The van der Waals surface area contributed by atoms with Crippen LogP contribution in [0.5, 0.6) is 5.75 Å². The number of nitrogens with zero attached hydrogens (tertiary/aromatic N) is 2. The molecule has 1 amide bonds. The van der Waals surface area contributed by atoms with Gasteiger partial charge in [0, 0.05) is 25.4 Å². The van der Waals surface area contributed by atoms with Crippen molar-refractivity contribution < 1.29 is 9.53 Å². The van der Waals surface area contributed by atoms with Gasteiger partial charge in [-0.1, -0.05) is 19.1 Å². The molecule has 7 nitrogen and oxygen atoms in total. The molecule has 1 aromatic carbocycles. The number of aliphatic imine (C=N–C) groups is 1. The summed E-state index contributed by atoms with van der Waals surface area (Å²) in [4.78, 5) is 20.1. The topological polar surface area (TPSA) is 87.6 Å². The molecule has 0 atom stereocenters. The zero-order chi connectivity index (χ0) is 19.5. The normalized spacial score (nSPS) is 10.6. The molecule has 0 aliphatic carbocycles. The fourth-order valence-corrected chi connectivity index (χ4v) is 2.36. The van der Waals surface area contributed by atoms with Crippen LogP contribution in [0.4, 0.5) is 5.69 Å². The summed E-state index contributed by atoms with van der Waals surface area (Å²) in [6, 6.07) is 9.67. The molecule has 28 heavy (non-hydrogen) atoms. The molecule has 0 saturated carbocycles. The molecule has 3 N–H and O–H groups in total. The van der Waals surface area contributed by atoms with Gasteiger partial charge in [0.25, 0.3) is 0 Å². The Morgan fingerprint density at radius 3 is 2.75 bits per heavy atom. The van der Waals surface area contributed by atoms with Crippen LogP contribution in [-0.4, -0.2) is 37.1 Å². The van der Waals surface area contributed by atoms with Crippen LogP contribution in [0, 0.1) is 6.92 Å². The van der Waals surface area contributed by atoms with E-state index in [1.54, 1.807) is 31.6 Å². The number of aromatic nitrogens is 1. The minimum absolute atomic E-state index is 0. The van der Waals surface area contributed by atoms with Gasteiger partial charge < -0.3 is 20.7 Å². The van der Waals surface area contributed by atoms with E-state index < -0.39 is 0 Å². The number of carbonyl (C=O) groups excluding carboxylic acids is 1. The van der Waals surface area contributed by atoms with Crippen molar-refractivity contribution in [2.24, 2.45) is 4.99 Å². The molecule has 0 aliphatic rings. The van der Waals surface area contributed by atoms with Crippen LogP contribution in [0.3, 0.4) is 0 Å². The maximum Gasteiger partial charge on any atom is 0.243 e. The van der Waals surface area contributed by atoms with E-state index in [9.17, 15) is 4.79 Å². The van der Waals surface area contributed by atoms with E-state index >= 15 is 0 Å². The molecule has 0 bridgehead atoms. The van der Waals surface area contributed by atoms with Crippen LogP contribution < -0.4 is 20.7 Å². The van der Waals surface area contributed by atoms with Gasteiger partial charge in [0.1, 0.15) is 5.75 Å². The lowest BCUT2D eigenvalue weighted by Gasteiger charge is -2.15. The number of nitrogens with one attached hydrogen (secondary N) is 3. The number of halogens is 1. The van der Waals surface area contributed by atoms with Crippen molar-refractivity contribution in [1.29, 1.82) is 0 Å². The Bertz CT molecular complexity index is 768. The number of anilines is 1. The van der Waals surface area contributed by atoms with E-state index in [1.807, 2.05) is 25.1 Å². The highest BCUT2D eigenvalue weighted by Gasteiger charge is 2.07. The van der Waals surface area contributed by atoms with Gasteiger partial charge in [-0.15, -0.1) is 24.0 Å². The number of hydrogen-bond donors (Lipinski definition) is 3. The second-order valence-electron chi connectivity index (χ2n) is 6.03. The quantitative estimate of drug-likeness (QED) is 0.297. The standard InChI is InChI=1S/C20H27N5O2.HI/c1-4-10-27-18-11-15(2)7-8-16(18)12-23-20(21-3)24-14-19(26)25-17-6-5-9-22-13-17;/h5-9,11,13H,4,10,12,14H2,1-3H3,(H,25,26)(H2,21,23,24);1H. The highest BCUT2D eigenvalue weighted by Crippen LogP contribution is 2.20. The van der Waals surface area contributed by atoms with Crippen molar-refractivity contribution in [2.75, 3.05) is 25.5 Å². The van der Waals surface area contributed by atoms with Gasteiger partial charge >= 0.3 is 0 Å². The maximum atomic E-state index is 12.0. The molecule has 0 fully saturated rings. The second-order valence-corrected chi connectivity index (χ2v) is 6.03. The van der Waals surface area contributed by atoms with Gasteiger partial charge in [-0.2, -0.15) is 0 Å². The summed E-state index contributed by atoms with van der Waals surface area (Å²) >= 11 is 0. The number of pyridine rings is 1. The molecule has 2 aromatic rings. The monoisotopic (exact) mass is 497 g/mol. The molecule has 1 heterocycles. The van der Waals surface area contributed by atoms with Crippen LogP contribution >= 0.6 is 24.0 Å². The van der Waals surface area contributed by atoms with E-state index in [0.29, 0.717) is 24.8 Å². The number of guanidine groups is 1. The molecule has 0 radical (unpaired) electrons. The maximum absolute atomic E-state index is 12.0. The summed E-state index contributed by atoms with van der Waals surface area (Å²) in [7, 11) is 1.66. The minimum Gasteiger partial charge on any atom is -0.493 e. The van der Waals surface area contributed by atoms with Crippen LogP contribution in [0.25, 0.3) is 0 Å². The Kier molecular flexibility index (Phi) is 10.9. The van der Waals surface area contributed by atoms with Crippen molar-refractivity contribution in [3.8, 4) is 5.75 Å². The van der Waals surface area contributed by atoms with Gasteiger partial charge in [-0.3, -0.25) is 14.8 Å². The number of hydrogen-bond acceptors (Lipinski definition) is 4. The molecular formula is C20H28IN5O2. The van der Waals surface area contributed by atoms with Crippen molar-refractivity contribution in [3.05, 3.63) is 53.9 Å². The van der Waals surface area contributed by atoms with Crippen LogP contribution in [-0.2, 0) is 11.3 Å². The number of aryl methyl sites for hydroxylation is 1. The third-order valence-electron chi connectivity index (χ3n) is 3.72. The number of benzene rings is 1. The minimum atomic E-state index is -0.173. The van der Waals surface area contributed by atoms with E-state index in [1.165, 1.54) is 0 Å². The lowest BCUT2D eigenvalue weighted by molar-refractivity contribution is -0.115. The first kappa shape index (κ1) is 23.7. The Morgan fingerprint density at radius 2 is 2.07 bits per heavy atom. The van der Waals surface area contributed by atoms with Crippen LogP contribution in [0.2, 0.25) is 0 Å². The third kappa shape index (κ3) is 8.12. The van der Waals surface area contributed by atoms with Gasteiger partial charge in [0.05, 0.1) is 25.0 Å². The van der Waals surface area contributed by atoms with Crippen molar-refractivity contribution in [1.82, 2.24) is 15.6 Å². The van der Waals surface area contributed by atoms with Crippen LogP contribution in [0.1, 0.15) is 24.5 Å². The zero-order valence-corrected chi connectivity index (χ0v) is 18.8. The summed E-state index contributed by atoms with van der Waals surface area (Å²) in [6.45, 7) is 5.44. The van der Waals surface area contributed by atoms with Gasteiger partial charge in [-0.05, 0) is 37.1 Å². The molecule has 152 valence electrons. The molecular weight excluding hydrogens is 469 g/mol. The highest BCUT2D eigenvalue weighted by molar-refractivity contribution is 14.0. The zero-order valence-electron chi connectivity index (χ0n) is 16.5. The molecule has 0 spiro atoms. The number of carbonyl (C=O) groups is 1. The largest absolute Gasteiger partial charge is 0.493 e. The van der Waals surface area contributed by atoms with Crippen molar-refractivity contribution in [3.63, 3.8) is 0 Å². The van der Waals surface area contributed by atoms with Crippen molar-refractivity contribution >= 4 is 41.5 Å². The average molecular weight is 497 g/mol. The summed E-state index contributed by atoms with van der Waals surface area (Å²) in [5.74, 6) is 1.24. The van der Waals surface area contributed by atoms with E-state index in [2.05, 4.69) is 32.9 Å². The number of amides is 1. The Hall–Kier alpha value is -2.36. The smallest absolute Gasteiger partial charge is 0.243 e. The second kappa shape index (κ2) is 12.9. The van der Waals surface area contributed by atoms with Gasteiger partial charge in [-0.25, -0.2) is 0 Å². The SMILES string of the molecule is CCCOc1cc(C)ccc1CNC(=NC)NCC(=O)Nc1cccnc1.I. The summed E-state index contributed by atoms with van der Waals surface area (Å²) in [6.07, 6.45) is 4.21. The third-order valence-corrected chi connectivity index (χ3v) is 3.72. The van der Waals surface area contributed by atoms with Gasteiger partial charge in [0.15, 0.2) is 5.96 Å². The Labute approximate surface area is 183 Å². The first-order chi connectivity index (χ1) is 13.1. The average Bonchev–Trinajstić information content (AvgIpc) is 2.68. The molecule has 0 unspecified atom stereocenters. The predicted molar refractivity (Wildman–Crippen MR) is 123 cm³/mol. The molecule has 1 aromatic heterocycles. The van der Waals surface area contributed by atoms with Crippen molar-refractivity contribution in [2.45, 2.75) is 26.8 Å². The molecule has 0 aliphatic heterocycles. The summed E-state index contributed by atoms with van der Waals surface area (Å²) in [5.41, 5.74) is 2.85.